The Morgan fingerprint density at radius 2 is 2.11 bits per heavy atom. The van der Waals surface area contributed by atoms with Gasteiger partial charge in [0.15, 0.2) is 5.78 Å². The fraction of sp³-hybridized carbons (Fsp3) is 0.467. The standard InChI is InChI=1S/C15H20N2O2/c1-5-17(10-15(3,4)19)14-8-12(9-16)6-7-13(14)11(2)18/h6-8,19H,5,10H2,1-4H3. The van der Waals surface area contributed by atoms with Crippen molar-refractivity contribution in [3.8, 4) is 6.07 Å². The number of anilines is 1. The van der Waals surface area contributed by atoms with E-state index in [2.05, 4.69) is 6.07 Å². The van der Waals surface area contributed by atoms with E-state index in [0.29, 0.717) is 29.9 Å². The van der Waals surface area contributed by atoms with Crippen molar-refractivity contribution in [2.24, 2.45) is 0 Å². The number of nitriles is 1. The molecule has 0 aliphatic carbocycles. The smallest absolute Gasteiger partial charge is 0.161 e. The fourth-order valence-corrected chi connectivity index (χ4v) is 1.99. The second-order valence-corrected chi connectivity index (χ2v) is 5.23. The van der Waals surface area contributed by atoms with E-state index < -0.39 is 5.60 Å². The Hall–Kier alpha value is -1.86. The Bertz CT molecular complexity index is 510. The molecule has 0 saturated heterocycles. The third-order valence-corrected chi connectivity index (χ3v) is 2.81. The molecule has 102 valence electrons. The number of carbonyl (C=O) groups is 1. The van der Waals surface area contributed by atoms with Crippen molar-refractivity contribution >= 4 is 11.5 Å². The predicted molar refractivity (Wildman–Crippen MR) is 75.3 cm³/mol. The molecule has 0 aromatic heterocycles. The van der Waals surface area contributed by atoms with Crippen LogP contribution in [-0.2, 0) is 0 Å². The lowest BCUT2D eigenvalue weighted by Crippen LogP contribution is -2.39. The molecule has 4 heteroatoms. The largest absolute Gasteiger partial charge is 0.389 e. The molecule has 0 heterocycles. The van der Waals surface area contributed by atoms with Crippen LogP contribution < -0.4 is 4.90 Å². The molecule has 0 amide bonds. The summed E-state index contributed by atoms with van der Waals surface area (Å²) < 4.78 is 0. The molecule has 0 unspecified atom stereocenters. The highest BCUT2D eigenvalue weighted by molar-refractivity contribution is 6.00. The molecule has 1 N–H and O–H groups in total. The van der Waals surface area contributed by atoms with Gasteiger partial charge in [-0.25, -0.2) is 0 Å². The predicted octanol–water partition coefficient (Wildman–Crippen LogP) is 2.36. The monoisotopic (exact) mass is 260 g/mol. The van der Waals surface area contributed by atoms with E-state index in [1.54, 1.807) is 32.0 Å². The quantitative estimate of drug-likeness (QED) is 0.825. The van der Waals surface area contributed by atoms with Gasteiger partial charge in [0.25, 0.3) is 0 Å². The van der Waals surface area contributed by atoms with E-state index in [-0.39, 0.29) is 5.78 Å². The van der Waals surface area contributed by atoms with Crippen LogP contribution in [0.1, 0.15) is 43.6 Å². The number of nitrogens with zero attached hydrogens (tertiary/aromatic N) is 2. The minimum atomic E-state index is -0.868. The third-order valence-electron chi connectivity index (χ3n) is 2.81. The molecule has 0 saturated carbocycles. The lowest BCUT2D eigenvalue weighted by atomic mass is 10.0. The number of Topliss-reactive ketones (excluding diaryl/α,β-unsaturated/α-hetero) is 1. The average molecular weight is 260 g/mol. The summed E-state index contributed by atoms with van der Waals surface area (Å²) in [5, 5.41) is 18.9. The molecule has 4 nitrogen and oxygen atoms in total. The summed E-state index contributed by atoms with van der Waals surface area (Å²) in [5.74, 6) is -0.0475. The van der Waals surface area contributed by atoms with Crippen molar-refractivity contribution in [1.82, 2.24) is 0 Å². The van der Waals surface area contributed by atoms with E-state index in [9.17, 15) is 9.90 Å². The molecule has 1 aromatic rings. The van der Waals surface area contributed by atoms with Crippen LogP contribution in [-0.4, -0.2) is 29.6 Å². The Morgan fingerprint density at radius 1 is 1.47 bits per heavy atom. The molecule has 0 atom stereocenters. The zero-order chi connectivity index (χ0) is 14.6. The van der Waals surface area contributed by atoms with Crippen molar-refractivity contribution in [3.05, 3.63) is 29.3 Å². The highest BCUT2D eigenvalue weighted by Gasteiger charge is 2.21. The van der Waals surface area contributed by atoms with Crippen molar-refractivity contribution in [1.29, 1.82) is 5.26 Å². The lowest BCUT2D eigenvalue weighted by Gasteiger charge is -2.31. The zero-order valence-corrected chi connectivity index (χ0v) is 11.9. The van der Waals surface area contributed by atoms with Gasteiger partial charge in [-0.1, -0.05) is 0 Å². The SMILES string of the molecule is CCN(CC(C)(C)O)c1cc(C#N)ccc1C(C)=O. The van der Waals surface area contributed by atoms with Gasteiger partial charge in [0.05, 0.1) is 17.2 Å². The summed E-state index contributed by atoms with van der Waals surface area (Å²) in [5.41, 5.74) is 0.919. The summed E-state index contributed by atoms with van der Waals surface area (Å²) in [6.07, 6.45) is 0. The van der Waals surface area contributed by atoms with Gasteiger partial charge in [-0.2, -0.15) is 5.26 Å². The number of ketones is 1. The van der Waals surface area contributed by atoms with Gasteiger partial charge in [-0.05, 0) is 45.9 Å². The van der Waals surface area contributed by atoms with Crippen molar-refractivity contribution < 1.29 is 9.90 Å². The molecular weight excluding hydrogens is 240 g/mol. The average Bonchev–Trinajstić information content (AvgIpc) is 2.33. The summed E-state index contributed by atoms with van der Waals surface area (Å²) in [6, 6.07) is 7.08. The van der Waals surface area contributed by atoms with Crippen LogP contribution in [0.15, 0.2) is 18.2 Å². The van der Waals surface area contributed by atoms with E-state index >= 15 is 0 Å². The first-order chi connectivity index (χ1) is 8.78. The summed E-state index contributed by atoms with van der Waals surface area (Å²) in [7, 11) is 0. The first kappa shape index (κ1) is 15.2. The first-order valence-electron chi connectivity index (χ1n) is 6.31. The van der Waals surface area contributed by atoms with Gasteiger partial charge < -0.3 is 10.0 Å². The lowest BCUT2D eigenvalue weighted by molar-refractivity contribution is 0.0872. The van der Waals surface area contributed by atoms with Crippen LogP contribution in [0.5, 0.6) is 0 Å². The highest BCUT2D eigenvalue weighted by Crippen LogP contribution is 2.24. The normalized spacial score (nSPS) is 10.9. The van der Waals surface area contributed by atoms with E-state index in [4.69, 9.17) is 5.26 Å². The fourth-order valence-electron chi connectivity index (χ4n) is 1.99. The van der Waals surface area contributed by atoms with Crippen LogP contribution in [0.25, 0.3) is 0 Å². The first-order valence-corrected chi connectivity index (χ1v) is 6.31. The summed E-state index contributed by atoms with van der Waals surface area (Å²) in [6.45, 7) is 7.95. The van der Waals surface area contributed by atoms with E-state index in [1.807, 2.05) is 11.8 Å². The van der Waals surface area contributed by atoms with Crippen molar-refractivity contribution in [2.75, 3.05) is 18.0 Å². The number of hydrogen-bond donors (Lipinski definition) is 1. The van der Waals surface area contributed by atoms with Crippen LogP contribution in [0.3, 0.4) is 0 Å². The maximum atomic E-state index is 11.7. The van der Waals surface area contributed by atoms with Crippen molar-refractivity contribution in [3.63, 3.8) is 0 Å². The van der Waals surface area contributed by atoms with Gasteiger partial charge in [0.1, 0.15) is 0 Å². The van der Waals surface area contributed by atoms with Crippen molar-refractivity contribution in [2.45, 2.75) is 33.3 Å². The number of aliphatic hydroxyl groups is 1. The molecule has 0 aliphatic rings. The maximum Gasteiger partial charge on any atom is 0.161 e. The van der Waals surface area contributed by atoms with Gasteiger partial charge >= 0.3 is 0 Å². The molecule has 0 aliphatic heterocycles. The Kier molecular flexibility index (Phi) is 4.68. The number of hydrogen-bond acceptors (Lipinski definition) is 4. The van der Waals surface area contributed by atoms with E-state index in [1.165, 1.54) is 6.92 Å². The third kappa shape index (κ3) is 4.08. The summed E-state index contributed by atoms with van der Waals surface area (Å²) >= 11 is 0. The number of carbonyl (C=O) groups excluding carboxylic acids is 1. The van der Waals surface area contributed by atoms with Crippen LogP contribution in [0.2, 0.25) is 0 Å². The molecule has 0 bridgehead atoms. The maximum absolute atomic E-state index is 11.7. The molecule has 0 radical (unpaired) electrons. The van der Waals surface area contributed by atoms with E-state index in [0.717, 1.165) is 0 Å². The second kappa shape index (κ2) is 5.85. The van der Waals surface area contributed by atoms with Gasteiger partial charge in [-0.3, -0.25) is 4.79 Å². The van der Waals surface area contributed by atoms with Crippen LogP contribution >= 0.6 is 0 Å². The molecular formula is C15H20N2O2. The van der Waals surface area contributed by atoms with Gasteiger partial charge in [0, 0.05) is 24.3 Å². The zero-order valence-electron chi connectivity index (χ0n) is 11.9. The molecule has 1 rings (SSSR count). The second-order valence-electron chi connectivity index (χ2n) is 5.23. The number of rotatable bonds is 5. The molecule has 19 heavy (non-hydrogen) atoms. The molecule has 0 fully saturated rings. The van der Waals surface area contributed by atoms with Gasteiger partial charge in [0.2, 0.25) is 0 Å². The highest BCUT2D eigenvalue weighted by atomic mass is 16.3. The Labute approximate surface area is 114 Å². The minimum absolute atomic E-state index is 0.0475. The van der Waals surface area contributed by atoms with Gasteiger partial charge in [-0.15, -0.1) is 0 Å². The molecule has 1 aromatic carbocycles. The topological polar surface area (TPSA) is 64.3 Å². The minimum Gasteiger partial charge on any atom is -0.389 e. The van der Waals surface area contributed by atoms with Crippen LogP contribution in [0.4, 0.5) is 5.69 Å². The number of benzene rings is 1. The Balaban J connectivity index is 3.28. The number of likely N-dealkylation sites (N-methyl/N-ethyl adjacent to an activating group) is 1. The molecule has 0 spiro atoms. The summed E-state index contributed by atoms with van der Waals surface area (Å²) in [4.78, 5) is 13.6. The van der Waals surface area contributed by atoms with Crippen LogP contribution in [0, 0.1) is 11.3 Å². The Morgan fingerprint density at radius 3 is 2.53 bits per heavy atom.